The second-order valence-electron chi connectivity index (χ2n) is 10.2. The molecule has 10 heteroatoms. The van der Waals surface area contributed by atoms with Gasteiger partial charge in [-0.15, -0.1) is 11.3 Å². The summed E-state index contributed by atoms with van der Waals surface area (Å²) in [5.74, 6) is 0.845. The number of likely N-dealkylation sites (tertiary alicyclic amines) is 1. The first-order valence-corrected chi connectivity index (χ1v) is 16.3. The third-order valence-electron chi connectivity index (χ3n) is 7.35. The maximum atomic E-state index is 13.8. The number of anilines is 1. The molecule has 1 unspecified atom stereocenters. The van der Waals surface area contributed by atoms with Crippen molar-refractivity contribution in [1.82, 2.24) is 14.6 Å². The molecule has 1 aromatic heterocycles. The summed E-state index contributed by atoms with van der Waals surface area (Å²) in [6.45, 7) is 4.16. The Labute approximate surface area is 231 Å². The van der Waals surface area contributed by atoms with Crippen molar-refractivity contribution in [2.45, 2.75) is 50.0 Å². The first kappa shape index (κ1) is 26.6. The lowest BCUT2D eigenvalue weighted by Crippen LogP contribution is -2.51. The Morgan fingerprint density at radius 1 is 1.22 bits per heavy atom. The predicted molar refractivity (Wildman–Crippen MR) is 153 cm³/mol. The number of nitrogens with one attached hydrogen (secondary N) is 2. The largest absolute Gasteiger partial charge is 0.383 e. The molecule has 2 N–H and O–H groups in total. The zero-order valence-electron chi connectivity index (χ0n) is 21.0. The van der Waals surface area contributed by atoms with Gasteiger partial charge in [-0.2, -0.15) is 4.72 Å². The van der Waals surface area contributed by atoms with Crippen LogP contribution >= 0.6 is 27.3 Å². The van der Waals surface area contributed by atoms with E-state index in [0.717, 1.165) is 58.3 Å². The Morgan fingerprint density at radius 3 is 2.76 bits per heavy atom. The Kier molecular flexibility index (Phi) is 8.19. The summed E-state index contributed by atoms with van der Waals surface area (Å²) >= 11 is 5.03. The predicted octanol–water partition coefficient (Wildman–Crippen LogP) is 4.81. The molecule has 2 aliphatic heterocycles. The summed E-state index contributed by atoms with van der Waals surface area (Å²) in [6.07, 6.45) is 4.01. The van der Waals surface area contributed by atoms with Crippen LogP contribution in [-0.2, 0) is 27.7 Å². The fraction of sp³-hybridized carbons (Fsp3) is 0.481. The zero-order chi connectivity index (χ0) is 26.0. The number of alkyl halides is 1. The van der Waals surface area contributed by atoms with Crippen molar-refractivity contribution in [1.29, 1.82) is 0 Å². The normalized spacial score (nSPS) is 19.4. The monoisotopic (exact) mass is 604 g/mol. The van der Waals surface area contributed by atoms with E-state index in [1.54, 1.807) is 12.1 Å². The van der Waals surface area contributed by atoms with E-state index in [2.05, 4.69) is 32.9 Å². The molecule has 0 saturated carbocycles. The van der Waals surface area contributed by atoms with E-state index < -0.39 is 16.1 Å². The average molecular weight is 606 g/mol. The summed E-state index contributed by atoms with van der Waals surface area (Å²) in [7, 11) is -3.96. The lowest BCUT2D eigenvalue weighted by molar-refractivity contribution is -0.134. The average Bonchev–Trinajstić information content (AvgIpc) is 3.30. The summed E-state index contributed by atoms with van der Waals surface area (Å²) in [6, 6.07) is 12.3. The molecule has 0 bridgehead atoms. The molecule has 0 radical (unpaired) electrons. The number of benzene rings is 2. The molecule has 2 aromatic carbocycles. The van der Waals surface area contributed by atoms with E-state index in [0.29, 0.717) is 30.6 Å². The molecule has 2 aliphatic rings. The molecule has 37 heavy (non-hydrogen) atoms. The fourth-order valence-electron chi connectivity index (χ4n) is 5.32. The topological polar surface area (TPSA) is 91.4 Å². The molecule has 2 atom stereocenters. The van der Waals surface area contributed by atoms with Crippen LogP contribution in [0.15, 0.2) is 47.4 Å². The SMILES string of the molecule is CC1CNc2c(cccc2S(=O)(=O)N[C@@H](Cc2nc3ccccc3s2)C(=O)N2CCC(CCBr)CC2)C1. The third kappa shape index (κ3) is 6.02. The molecule has 1 saturated heterocycles. The van der Waals surface area contributed by atoms with Gasteiger partial charge in [0, 0.05) is 31.4 Å². The maximum Gasteiger partial charge on any atom is 0.243 e. The van der Waals surface area contributed by atoms with Crippen molar-refractivity contribution in [2.75, 3.05) is 30.3 Å². The second kappa shape index (κ2) is 11.4. The minimum absolute atomic E-state index is 0.175. The molecule has 0 aliphatic carbocycles. The molecule has 7 nitrogen and oxygen atoms in total. The van der Waals surface area contributed by atoms with E-state index in [4.69, 9.17) is 4.98 Å². The summed E-state index contributed by atoms with van der Waals surface area (Å²) < 4.78 is 31.3. The number of nitrogens with zero attached hydrogens (tertiary/aromatic N) is 2. The highest BCUT2D eigenvalue weighted by atomic mass is 79.9. The van der Waals surface area contributed by atoms with Gasteiger partial charge >= 0.3 is 0 Å². The van der Waals surface area contributed by atoms with Gasteiger partial charge in [0.05, 0.1) is 20.9 Å². The standard InChI is InChI=1S/C27H33BrN4O3S2/c1-18-15-20-5-4-8-24(26(20)29-17-18)37(34,35)31-22(16-25-30-21-6-2-3-7-23(21)36-25)27(33)32-13-10-19(9-12-28)11-14-32/h2-8,18-19,22,29,31H,9-17H2,1H3/t18?,22-/m0/s1. The van der Waals surface area contributed by atoms with Gasteiger partial charge in [0.1, 0.15) is 10.9 Å². The maximum absolute atomic E-state index is 13.8. The van der Waals surface area contributed by atoms with Gasteiger partial charge < -0.3 is 10.2 Å². The molecule has 3 heterocycles. The van der Waals surface area contributed by atoms with Crippen molar-refractivity contribution in [3.63, 3.8) is 0 Å². The first-order valence-electron chi connectivity index (χ1n) is 12.9. The van der Waals surface area contributed by atoms with Crippen LogP contribution < -0.4 is 10.0 Å². The van der Waals surface area contributed by atoms with Crippen LogP contribution in [0.5, 0.6) is 0 Å². The highest BCUT2D eigenvalue weighted by Crippen LogP contribution is 2.32. The fourth-order valence-corrected chi connectivity index (χ4v) is 8.40. The van der Waals surface area contributed by atoms with Gasteiger partial charge in [0.15, 0.2) is 0 Å². The number of carbonyl (C=O) groups excluding carboxylic acids is 1. The van der Waals surface area contributed by atoms with Gasteiger partial charge in [0.2, 0.25) is 15.9 Å². The van der Waals surface area contributed by atoms with Crippen LogP contribution in [0.2, 0.25) is 0 Å². The number of fused-ring (bicyclic) bond motifs is 2. The third-order valence-corrected chi connectivity index (χ3v) is 10.4. The number of hydrogen-bond donors (Lipinski definition) is 2. The summed E-state index contributed by atoms with van der Waals surface area (Å²) in [5.41, 5.74) is 2.50. The lowest BCUT2D eigenvalue weighted by atomic mass is 9.94. The first-order chi connectivity index (χ1) is 17.8. The van der Waals surface area contributed by atoms with Gasteiger partial charge in [-0.3, -0.25) is 4.79 Å². The highest BCUT2D eigenvalue weighted by Gasteiger charge is 2.34. The lowest BCUT2D eigenvalue weighted by Gasteiger charge is -2.34. The number of hydrogen-bond acceptors (Lipinski definition) is 6. The number of aromatic nitrogens is 1. The number of amides is 1. The van der Waals surface area contributed by atoms with Crippen molar-refractivity contribution in [3.8, 4) is 0 Å². The van der Waals surface area contributed by atoms with E-state index >= 15 is 0 Å². The van der Waals surface area contributed by atoms with E-state index in [9.17, 15) is 13.2 Å². The quantitative estimate of drug-likeness (QED) is 0.360. The Hall–Kier alpha value is -2.01. The molecule has 1 amide bonds. The van der Waals surface area contributed by atoms with Gasteiger partial charge in [-0.1, -0.05) is 47.1 Å². The molecule has 1 fully saturated rings. The number of rotatable bonds is 8. The van der Waals surface area contributed by atoms with Crippen LogP contribution in [0.3, 0.4) is 0 Å². The Balaban J connectivity index is 1.42. The van der Waals surface area contributed by atoms with Gasteiger partial charge in [-0.05, 0) is 61.3 Å². The molecular formula is C27H33BrN4O3S2. The van der Waals surface area contributed by atoms with E-state index in [1.807, 2.05) is 35.2 Å². The molecular weight excluding hydrogens is 572 g/mol. The van der Waals surface area contributed by atoms with Crippen LogP contribution in [0.25, 0.3) is 10.2 Å². The van der Waals surface area contributed by atoms with Gasteiger partial charge in [0.25, 0.3) is 0 Å². The molecule has 0 spiro atoms. The number of thiazole rings is 1. The highest BCUT2D eigenvalue weighted by molar-refractivity contribution is 9.09. The van der Waals surface area contributed by atoms with Crippen LogP contribution in [0, 0.1) is 11.8 Å². The number of sulfonamides is 1. The van der Waals surface area contributed by atoms with Crippen molar-refractivity contribution in [2.24, 2.45) is 11.8 Å². The minimum Gasteiger partial charge on any atom is -0.383 e. The van der Waals surface area contributed by atoms with E-state index in [-0.39, 0.29) is 17.2 Å². The van der Waals surface area contributed by atoms with E-state index in [1.165, 1.54) is 11.3 Å². The van der Waals surface area contributed by atoms with Crippen molar-refractivity contribution in [3.05, 3.63) is 53.0 Å². The zero-order valence-corrected chi connectivity index (χ0v) is 24.2. The number of halogens is 1. The molecule has 198 valence electrons. The number of para-hydroxylation sites is 2. The van der Waals surface area contributed by atoms with Crippen LogP contribution in [0.1, 0.15) is 36.8 Å². The van der Waals surface area contributed by atoms with Gasteiger partial charge in [-0.25, -0.2) is 13.4 Å². The minimum atomic E-state index is -3.96. The van der Waals surface area contributed by atoms with Crippen molar-refractivity contribution < 1.29 is 13.2 Å². The molecule has 5 rings (SSSR count). The Bertz CT molecular complexity index is 1340. The Morgan fingerprint density at radius 2 is 2.00 bits per heavy atom. The summed E-state index contributed by atoms with van der Waals surface area (Å²) in [4.78, 5) is 20.5. The number of piperidine rings is 1. The molecule has 3 aromatic rings. The summed E-state index contributed by atoms with van der Waals surface area (Å²) in [5, 5.41) is 5.02. The van der Waals surface area contributed by atoms with Crippen LogP contribution in [0.4, 0.5) is 5.69 Å². The van der Waals surface area contributed by atoms with Crippen molar-refractivity contribution >= 4 is 59.1 Å². The van der Waals surface area contributed by atoms with Crippen LogP contribution in [-0.4, -0.2) is 55.2 Å². The smallest absolute Gasteiger partial charge is 0.243 e. The second-order valence-corrected chi connectivity index (χ2v) is 13.8. The number of carbonyl (C=O) groups is 1.